The highest BCUT2D eigenvalue weighted by molar-refractivity contribution is 6.23. The van der Waals surface area contributed by atoms with Gasteiger partial charge in [0.15, 0.2) is 0 Å². The van der Waals surface area contributed by atoms with Gasteiger partial charge in [-0.15, -0.1) is 0 Å². The van der Waals surface area contributed by atoms with E-state index in [1.54, 1.807) is 49.4 Å². The number of amides is 2. The standard InChI is InChI=1S/C28H25F3N4O2/c1-4-33-17(3)32-21-15-18(11-13-22(21)33)25-26(36)34(5-2)23-14-12-19(28(29,30)31)16-24(23)35(27(25)37)20-9-7-6-8-10-20/h6-16,25H,4-5H2,1-3H3. The van der Waals surface area contributed by atoms with Gasteiger partial charge in [0.1, 0.15) is 11.7 Å². The summed E-state index contributed by atoms with van der Waals surface area (Å²) in [6.45, 7) is 6.51. The van der Waals surface area contributed by atoms with Crippen LogP contribution in [0.25, 0.3) is 11.0 Å². The molecule has 2 heterocycles. The number of hydrogen-bond donors (Lipinski definition) is 0. The number of imidazole rings is 1. The monoisotopic (exact) mass is 506 g/mol. The van der Waals surface area contributed by atoms with Crippen LogP contribution in [0.5, 0.6) is 0 Å². The van der Waals surface area contributed by atoms with Crippen molar-refractivity contribution in [2.45, 2.75) is 39.4 Å². The van der Waals surface area contributed by atoms with Gasteiger partial charge in [-0.2, -0.15) is 13.2 Å². The number of carbonyl (C=O) groups is 2. The van der Waals surface area contributed by atoms with Crippen molar-refractivity contribution < 1.29 is 22.8 Å². The molecule has 0 spiro atoms. The first kappa shape index (κ1) is 24.5. The summed E-state index contributed by atoms with van der Waals surface area (Å²) in [5.74, 6) is -1.59. The maximum atomic E-state index is 14.2. The summed E-state index contributed by atoms with van der Waals surface area (Å²) < 4.78 is 43.1. The lowest BCUT2D eigenvalue weighted by molar-refractivity contribution is -0.137. The van der Waals surface area contributed by atoms with Gasteiger partial charge in [-0.25, -0.2) is 4.98 Å². The molecule has 37 heavy (non-hydrogen) atoms. The predicted octanol–water partition coefficient (Wildman–Crippen LogP) is 6.20. The van der Waals surface area contributed by atoms with Crippen molar-refractivity contribution in [3.05, 3.63) is 83.7 Å². The fourth-order valence-electron chi connectivity index (χ4n) is 5.04. The summed E-state index contributed by atoms with van der Waals surface area (Å²) >= 11 is 0. The number of para-hydroxylation sites is 1. The maximum Gasteiger partial charge on any atom is 0.416 e. The van der Waals surface area contributed by atoms with Crippen molar-refractivity contribution in [3.8, 4) is 0 Å². The Balaban J connectivity index is 1.75. The Hall–Kier alpha value is -4.14. The Morgan fingerprint density at radius 2 is 1.59 bits per heavy atom. The lowest BCUT2D eigenvalue weighted by Crippen LogP contribution is -2.39. The molecule has 1 unspecified atom stereocenters. The number of halogens is 3. The molecular formula is C28H25F3N4O2. The molecule has 1 atom stereocenters. The molecule has 4 aromatic rings. The number of anilines is 3. The summed E-state index contributed by atoms with van der Waals surface area (Å²) in [6, 6.07) is 16.8. The number of fused-ring (bicyclic) bond motifs is 2. The minimum atomic E-state index is -4.62. The fraction of sp³-hybridized carbons (Fsp3) is 0.250. The molecule has 0 radical (unpaired) electrons. The Morgan fingerprint density at radius 1 is 0.865 bits per heavy atom. The molecule has 0 saturated carbocycles. The van der Waals surface area contributed by atoms with Crippen LogP contribution in [0.1, 0.15) is 36.7 Å². The molecular weight excluding hydrogens is 481 g/mol. The van der Waals surface area contributed by atoms with E-state index in [1.165, 1.54) is 15.9 Å². The molecule has 1 aromatic heterocycles. The fourth-order valence-corrected chi connectivity index (χ4v) is 5.04. The van der Waals surface area contributed by atoms with Gasteiger partial charge in [-0.05, 0) is 68.8 Å². The van der Waals surface area contributed by atoms with Crippen LogP contribution in [0.2, 0.25) is 0 Å². The normalized spacial score (nSPS) is 16.3. The lowest BCUT2D eigenvalue weighted by atomic mass is 9.95. The van der Waals surface area contributed by atoms with E-state index in [-0.39, 0.29) is 17.9 Å². The van der Waals surface area contributed by atoms with E-state index >= 15 is 0 Å². The third kappa shape index (κ3) is 4.04. The molecule has 0 bridgehead atoms. The molecule has 5 rings (SSSR count). The van der Waals surface area contributed by atoms with Gasteiger partial charge in [-0.1, -0.05) is 24.3 Å². The van der Waals surface area contributed by atoms with E-state index in [4.69, 9.17) is 0 Å². The van der Waals surface area contributed by atoms with Gasteiger partial charge < -0.3 is 9.47 Å². The molecule has 0 N–H and O–H groups in total. The predicted molar refractivity (Wildman–Crippen MR) is 136 cm³/mol. The molecule has 2 amide bonds. The zero-order valence-electron chi connectivity index (χ0n) is 20.6. The summed E-state index contributed by atoms with van der Waals surface area (Å²) in [5.41, 5.74) is 1.69. The molecule has 3 aromatic carbocycles. The van der Waals surface area contributed by atoms with E-state index in [0.717, 1.165) is 23.5 Å². The van der Waals surface area contributed by atoms with Crippen molar-refractivity contribution in [2.24, 2.45) is 0 Å². The van der Waals surface area contributed by atoms with Crippen LogP contribution in [-0.4, -0.2) is 27.9 Å². The second-order valence-corrected chi connectivity index (χ2v) is 8.88. The average Bonchev–Trinajstić information content (AvgIpc) is 3.15. The molecule has 6 nitrogen and oxygen atoms in total. The summed E-state index contributed by atoms with van der Waals surface area (Å²) in [4.78, 5) is 35.3. The number of alkyl halides is 3. The Bertz CT molecular complexity index is 1510. The van der Waals surface area contributed by atoms with Crippen molar-refractivity contribution >= 4 is 39.9 Å². The smallest absolute Gasteiger partial charge is 0.329 e. The topological polar surface area (TPSA) is 58.4 Å². The van der Waals surface area contributed by atoms with Gasteiger partial charge >= 0.3 is 6.18 Å². The molecule has 1 aliphatic rings. The van der Waals surface area contributed by atoms with E-state index in [9.17, 15) is 22.8 Å². The lowest BCUT2D eigenvalue weighted by Gasteiger charge is -2.26. The van der Waals surface area contributed by atoms with Crippen molar-refractivity contribution in [1.82, 2.24) is 9.55 Å². The van der Waals surface area contributed by atoms with E-state index in [0.29, 0.717) is 23.3 Å². The highest BCUT2D eigenvalue weighted by Gasteiger charge is 2.43. The molecule has 0 aliphatic carbocycles. The van der Waals surface area contributed by atoms with Crippen LogP contribution in [0.3, 0.4) is 0 Å². The third-order valence-electron chi connectivity index (χ3n) is 6.76. The van der Waals surface area contributed by atoms with Gasteiger partial charge in [0.2, 0.25) is 11.8 Å². The van der Waals surface area contributed by atoms with Crippen molar-refractivity contribution in [3.63, 3.8) is 0 Å². The molecule has 1 aliphatic heterocycles. The first-order valence-corrected chi connectivity index (χ1v) is 12.0. The van der Waals surface area contributed by atoms with Crippen LogP contribution < -0.4 is 9.80 Å². The largest absolute Gasteiger partial charge is 0.416 e. The number of benzene rings is 3. The van der Waals surface area contributed by atoms with Gasteiger partial charge in [0.05, 0.1) is 28.0 Å². The quantitative estimate of drug-likeness (QED) is 0.310. The third-order valence-corrected chi connectivity index (χ3v) is 6.76. The number of likely N-dealkylation sites (N-methyl/N-ethyl adjacent to an activating group) is 1. The Morgan fingerprint density at radius 3 is 2.24 bits per heavy atom. The summed E-state index contributed by atoms with van der Waals surface area (Å²) in [6.07, 6.45) is -4.62. The SMILES string of the molecule is CCN1C(=O)C(c2ccc3c(c2)nc(C)n3CC)C(=O)N(c2ccccc2)c2cc(C(F)(F)F)ccc21. The summed E-state index contributed by atoms with van der Waals surface area (Å²) in [7, 11) is 0. The Labute approximate surface area is 211 Å². The van der Waals surface area contributed by atoms with Crippen molar-refractivity contribution in [2.75, 3.05) is 16.3 Å². The molecule has 0 saturated heterocycles. The number of carbonyl (C=O) groups excluding carboxylic acids is 2. The highest BCUT2D eigenvalue weighted by atomic mass is 19.4. The van der Waals surface area contributed by atoms with Crippen LogP contribution in [0.15, 0.2) is 66.7 Å². The number of nitrogens with zero attached hydrogens (tertiary/aromatic N) is 4. The van der Waals surface area contributed by atoms with E-state index in [1.807, 2.05) is 24.5 Å². The van der Waals surface area contributed by atoms with Gasteiger partial charge in [-0.3, -0.25) is 14.5 Å². The van der Waals surface area contributed by atoms with Crippen molar-refractivity contribution in [1.29, 1.82) is 0 Å². The molecule has 0 fully saturated rings. The number of aromatic nitrogens is 2. The van der Waals surface area contributed by atoms with Crippen LogP contribution in [0, 0.1) is 6.92 Å². The average molecular weight is 507 g/mol. The zero-order valence-corrected chi connectivity index (χ0v) is 20.6. The number of hydrogen-bond acceptors (Lipinski definition) is 3. The van der Waals surface area contributed by atoms with E-state index < -0.39 is 29.5 Å². The number of rotatable bonds is 4. The first-order valence-electron chi connectivity index (χ1n) is 12.0. The maximum absolute atomic E-state index is 14.2. The zero-order chi connectivity index (χ0) is 26.5. The summed E-state index contributed by atoms with van der Waals surface area (Å²) in [5, 5.41) is 0. The minimum Gasteiger partial charge on any atom is -0.329 e. The number of aryl methyl sites for hydroxylation is 2. The van der Waals surface area contributed by atoms with Crippen LogP contribution in [0.4, 0.5) is 30.2 Å². The minimum absolute atomic E-state index is 0.0101. The van der Waals surface area contributed by atoms with Gasteiger partial charge in [0, 0.05) is 18.8 Å². The van der Waals surface area contributed by atoms with Crippen LogP contribution >= 0.6 is 0 Å². The van der Waals surface area contributed by atoms with Gasteiger partial charge in [0.25, 0.3) is 0 Å². The molecule has 9 heteroatoms. The first-order chi connectivity index (χ1) is 17.7. The second kappa shape index (κ2) is 9.06. The highest BCUT2D eigenvalue weighted by Crippen LogP contribution is 2.44. The van der Waals surface area contributed by atoms with Crippen LogP contribution in [-0.2, 0) is 22.3 Å². The Kier molecular flexibility index (Phi) is 6.01. The van der Waals surface area contributed by atoms with E-state index in [2.05, 4.69) is 4.98 Å². The second-order valence-electron chi connectivity index (χ2n) is 8.88. The molecule has 190 valence electrons.